The third-order valence-electron chi connectivity index (χ3n) is 5.33. The summed E-state index contributed by atoms with van der Waals surface area (Å²) >= 11 is 0. The van der Waals surface area contributed by atoms with Crippen LogP contribution in [0.15, 0.2) is 41.4 Å². The standard InChI is InChI=1S/C22H22F4N2O3/c1-20(2,16-9-13(23)7-8-18(16)31-3)11-21(30,22(24,25)26)12-28-17-6-4-5-14-15(17)10-27-19(14)29/h4-9,12,30H,10-11H2,1-3H3,(H,27,29)/b28-12+. The highest BCUT2D eigenvalue weighted by Gasteiger charge is 2.55. The summed E-state index contributed by atoms with van der Waals surface area (Å²) in [6.45, 7) is 3.05. The summed E-state index contributed by atoms with van der Waals surface area (Å²) in [5.74, 6) is -0.763. The molecule has 31 heavy (non-hydrogen) atoms. The van der Waals surface area contributed by atoms with E-state index in [0.29, 0.717) is 17.3 Å². The molecule has 3 rings (SSSR count). The molecule has 2 aromatic rings. The molecular formula is C22H22F4N2O3. The van der Waals surface area contributed by atoms with Crippen LogP contribution in [-0.4, -0.2) is 36.1 Å². The number of rotatable bonds is 6. The van der Waals surface area contributed by atoms with Crippen LogP contribution in [0.3, 0.4) is 0 Å². The monoisotopic (exact) mass is 438 g/mol. The van der Waals surface area contributed by atoms with Gasteiger partial charge in [0.25, 0.3) is 5.91 Å². The Balaban J connectivity index is 2.00. The Labute approximate surface area is 176 Å². The summed E-state index contributed by atoms with van der Waals surface area (Å²) in [5.41, 5.74) is -3.53. The Hall–Kier alpha value is -2.94. The first kappa shape index (κ1) is 22.7. The molecule has 0 saturated heterocycles. The molecule has 0 bridgehead atoms. The third-order valence-corrected chi connectivity index (χ3v) is 5.33. The fourth-order valence-electron chi connectivity index (χ4n) is 3.73. The number of hydrogen-bond donors (Lipinski definition) is 2. The summed E-state index contributed by atoms with van der Waals surface area (Å²) in [5, 5.41) is 13.2. The van der Waals surface area contributed by atoms with E-state index in [0.717, 1.165) is 12.1 Å². The second-order valence-electron chi connectivity index (χ2n) is 8.07. The highest BCUT2D eigenvalue weighted by atomic mass is 19.4. The van der Waals surface area contributed by atoms with Crippen molar-refractivity contribution in [2.75, 3.05) is 7.11 Å². The number of nitrogens with one attached hydrogen (secondary N) is 1. The van der Waals surface area contributed by atoms with Crippen LogP contribution < -0.4 is 10.1 Å². The van der Waals surface area contributed by atoms with Gasteiger partial charge in [-0.25, -0.2) is 4.39 Å². The first-order valence-electron chi connectivity index (χ1n) is 9.46. The van der Waals surface area contributed by atoms with Crippen LogP contribution in [0.2, 0.25) is 0 Å². The zero-order chi connectivity index (χ0) is 23.0. The Morgan fingerprint density at radius 2 is 1.94 bits per heavy atom. The van der Waals surface area contributed by atoms with Gasteiger partial charge in [0, 0.05) is 29.4 Å². The molecule has 0 spiro atoms. The largest absolute Gasteiger partial charge is 0.496 e. The van der Waals surface area contributed by atoms with Gasteiger partial charge in [-0.05, 0) is 42.2 Å². The van der Waals surface area contributed by atoms with Gasteiger partial charge in [0.1, 0.15) is 11.6 Å². The van der Waals surface area contributed by atoms with Gasteiger partial charge in [-0.15, -0.1) is 0 Å². The molecule has 1 atom stereocenters. The molecule has 1 amide bonds. The van der Waals surface area contributed by atoms with Crippen molar-refractivity contribution in [2.24, 2.45) is 4.99 Å². The average molecular weight is 438 g/mol. The fourth-order valence-corrected chi connectivity index (χ4v) is 3.73. The van der Waals surface area contributed by atoms with Crippen molar-refractivity contribution < 1.29 is 32.2 Å². The van der Waals surface area contributed by atoms with Crippen molar-refractivity contribution in [2.45, 2.75) is 44.0 Å². The van der Waals surface area contributed by atoms with E-state index in [-0.39, 0.29) is 29.5 Å². The van der Waals surface area contributed by atoms with Crippen molar-refractivity contribution in [3.63, 3.8) is 0 Å². The Morgan fingerprint density at radius 1 is 1.23 bits per heavy atom. The lowest BCUT2D eigenvalue weighted by Crippen LogP contribution is -2.50. The minimum Gasteiger partial charge on any atom is -0.496 e. The molecular weight excluding hydrogens is 416 g/mol. The van der Waals surface area contributed by atoms with Crippen molar-refractivity contribution in [3.05, 3.63) is 58.9 Å². The maximum atomic E-state index is 13.9. The molecule has 0 radical (unpaired) electrons. The Kier molecular flexibility index (Phi) is 5.84. The lowest BCUT2D eigenvalue weighted by Gasteiger charge is -2.36. The summed E-state index contributed by atoms with van der Waals surface area (Å²) in [6, 6.07) is 8.07. The van der Waals surface area contributed by atoms with Crippen LogP contribution in [0.25, 0.3) is 0 Å². The van der Waals surface area contributed by atoms with E-state index in [1.54, 1.807) is 6.07 Å². The van der Waals surface area contributed by atoms with E-state index in [2.05, 4.69) is 10.3 Å². The summed E-state index contributed by atoms with van der Waals surface area (Å²) in [6.07, 6.45) is -5.45. The molecule has 0 aromatic heterocycles. The van der Waals surface area contributed by atoms with Crippen LogP contribution in [0, 0.1) is 5.82 Å². The maximum Gasteiger partial charge on any atom is 0.422 e. The number of ether oxygens (including phenoxy) is 1. The first-order valence-corrected chi connectivity index (χ1v) is 9.46. The number of alkyl halides is 3. The van der Waals surface area contributed by atoms with E-state index >= 15 is 0 Å². The highest BCUT2D eigenvalue weighted by molar-refractivity contribution is 6.00. The number of amides is 1. The molecule has 0 fully saturated rings. The third kappa shape index (κ3) is 4.41. The zero-order valence-electron chi connectivity index (χ0n) is 17.2. The van der Waals surface area contributed by atoms with Gasteiger partial charge in [0.2, 0.25) is 0 Å². The molecule has 0 aliphatic carbocycles. The number of nitrogens with zero attached hydrogens (tertiary/aromatic N) is 1. The normalized spacial score (nSPS) is 16.2. The van der Waals surface area contributed by atoms with Gasteiger partial charge in [0.15, 0.2) is 5.60 Å². The van der Waals surface area contributed by atoms with Gasteiger partial charge in [0.05, 0.1) is 12.8 Å². The molecule has 166 valence electrons. The van der Waals surface area contributed by atoms with Gasteiger partial charge in [-0.3, -0.25) is 9.79 Å². The van der Waals surface area contributed by atoms with E-state index in [1.165, 1.54) is 39.2 Å². The topological polar surface area (TPSA) is 70.9 Å². The molecule has 1 aliphatic rings. The number of benzene rings is 2. The van der Waals surface area contributed by atoms with Crippen molar-refractivity contribution >= 4 is 17.8 Å². The minimum atomic E-state index is -5.06. The predicted molar refractivity (Wildman–Crippen MR) is 107 cm³/mol. The van der Waals surface area contributed by atoms with Crippen molar-refractivity contribution in [1.82, 2.24) is 5.32 Å². The van der Waals surface area contributed by atoms with Gasteiger partial charge >= 0.3 is 6.18 Å². The molecule has 5 nitrogen and oxygen atoms in total. The van der Waals surface area contributed by atoms with Crippen LogP contribution in [-0.2, 0) is 12.0 Å². The minimum absolute atomic E-state index is 0.137. The maximum absolute atomic E-state index is 13.9. The van der Waals surface area contributed by atoms with Crippen molar-refractivity contribution in [3.8, 4) is 5.75 Å². The number of fused-ring (bicyclic) bond motifs is 1. The lowest BCUT2D eigenvalue weighted by atomic mass is 9.74. The van der Waals surface area contributed by atoms with Crippen molar-refractivity contribution in [1.29, 1.82) is 0 Å². The second-order valence-corrected chi connectivity index (χ2v) is 8.07. The molecule has 9 heteroatoms. The summed E-state index contributed by atoms with van der Waals surface area (Å²) in [7, 11) is 1.33. The summed E-state index contributed by atoms with van der Waals surface area (Å²) in [4.78, 5) is 15.7. The Morgan fingerprint density at radius 3 is 2.58 bits per heavy atom. The average Bonchev–Trinajstić information content (AvgIpc) is 3.07. The van der Waals surface area contributed by atoms with Crippen LogP contribution in [0.5, 0.6) is 5.75 Å². The summed E-state index contributed by atoms with van der Waals surface area (Å²) < 4.78 is 60.8. The molecule has 2 N–H and O–H groups in total. The van der Waals surface area contributed by atoms with Crippen LogP contribution >= 0.6 is 0 Å². The SMILES string of the molecule is COc1ccc(F)cc1C(C)(C)CC(O)(/C=N/c1cccc2c1CNC2=O)C(F)(F)F. The number of methoxy groups -OCH3 is 1. The van der Waals surface area contributed by atoms with E-state index in [1.807, 2.05) is 0 Å². The number of hydrogen-bond acceptors (Lipinski definition) is 4. The number of aliphatic imine (C=N–C) groups is 1. The van der Waals surface area contributed by atoms with Crippen LogP contribution in [0.4, 0.5) is 23.2 Å². The Bertz CT molecular complexity index is 1030. The predicted octanol–water partition coefficient (Wildman–Crippen LogP) is 4.44. The molecule has 1 heterocycles. The van der Waals surface area contributed by atoms with Gasteiger partial charge < -0.3 is 15.2 Å². The van der Waals surface area contributed by atoms with E-state index < -0.39 is 29.4 Å². The second kappa shape index (κ2) is 7.96. The fraction of sp³-hybridized carbons (Fsp3) is 0.364. The molecule has 1 unspecified atom stereocenters. The molecule has 1 aliphatic heterocycles. The number of carbonyl (C=O) groups is 1. The zero-order valence-corrected chi connectivity index (χ0v) is 17.2. The molecule has 2 aromatic carbocycles. The van der Waals surface area contributed by atoms with Gasteiger partial charge in [-0.2, -0.15) is 13.2 Å². The quantitative estimate of drug-likeness (QED) is 0.518. The smallest absolute Gasteiger partial charge is 0.422 e. The lowest BCUT2D eigenvalue weighted by molar-refractivity contribution is -0.234. The first-order chi connectivity index (χ1) is 14.4. The van der Waals surface area contributed by atoms with E-state index in [4.69, 9.17) is 4.74 Å². The van der Waals surface area contributed by atoms with Gasteiger partial charge in [-0.1, -0.05) is 19.9 Å². The number of halogens is 4. The number of carbonyl (C=O) groups excluding carboxylic acids is 1. The highest BCUT2D eigenvalue weighted by Crippen LogP contribution is 2.43. The van der Waals surface area contributed by atoms with Crippen LogP contribution in [0.1, 0.15) is 41.8 Å². The molecule has 0 saturated carbocycles. The van der Waals surface area contributed by atoms with E-state index in [9.17, 15) is 27.5 Å². The number of aliphatic hydroxyl groups is 1.